The summed E-state index contributed by atoms with van der Waals surface area (Å²) in [6.45, 7) is 2.47. The molecule has 1 aliphatic heterocycles. The summed E-state index contributed by atoms with van der Waals surface area (Å²) in [7, 11) is -2.62. The van der Waals surface area contributed by atoms with Crippen molar-refractivity contribution < 1.29 is 8.95 Å². The maximum atomic E-state index is 12.2. The lowest BCUT2D eigenvalue weighted by Crippen LogP contribution is -2.43. The Hall–Kier alpha value is -1.71. The van der Waals surface area contributed by atoms with Crippen molar-refractivity contribution in [3.05, 3.63) is 53.1 Å². The van der Waals surface area contributed by atoms with Gasteiger partial charge >= 0.3 is 0 Å². The van der Waals surface area contributed by atoms with Crippen LogP contribution in [-0.4, -0.2) is 45.4 Å². The van der Waals surface area contributed by atoms with E-state index in [0.29, 0.717) is 22.1 Å². The Morgan fingerprint density at radius 2 is 2.13 bits per heavy atom. The van der Waals surface area contributed by atoms with E-state index in [9.17, 15) is 4.21 Å². The largest absolute Gasteiger partial charge is 0.431 e. The zero-order chi connectivity index (χ0) is 21.6. The third kappa shape index (κ3) is 4.73. The Bertz CT molecular complexity index is 1200. The van der Waals surface area contributed by atoms with Crippen LogP contribution in [0, 0.1) is 16.6 Å². The molecule has 0 radical (unpaired) electrons. The summed E-state index contributed by atoms with van der Waals surface area (Å²) in [6.07, 6.45) is 3.67. The molecule has 1 saturated carbocycles. The molecule has 4 atom stereocenters. The molecule has 2 N–H and O–H groups in total. The van der Waals surface area contributed by atoms with Gasteiger partial charge < -0.3 is 10.1 Å². The molecule has 3 aromatic rings. The van der Waals surface area contributed by atoms with E-state index >= 15 is 0 Å². The molecule has 0 spiro atoms. The van der Waals surface area contributed by atoms with E-state index in [2.05, 4.69) is 22.4 Å². The Morgan fingerprint density at radius 1 is 1.32 bits per heavy atom. The highest BCUT2D eigenvalue weighted by atomic mass is 35.5. The van der Waals surface area contributed by atoms with E-state index in [1.54, 1.807) is 0 Å². The number of benzene rings is 2. The minimum absolute atomic E-state index is 0.236. The fraction of sp³-hybridized carbons (Fsp3) is 0.409. The lowest BCUT2D eigenvalue weighted by atomic mass is 10.1. The standard InChI is InChI=1S/C22H25ClN4O2S2/c1-31(24,28)27-13-15-10-18(15)20(27)12-25-9-8-14-2-5-17(6-3-14)29-22-26-19-7-4-16(23)11-21(19)30-22/h2-7,11,15,18,20,24-25H,8-10,12-13H2,1H3. The smallest absolute Gasteiger partial charge is 0.279 e. The van der Waals surface area contributed by atoms with Gasteiger partial charge in [0.05, 0.1) is 10.2 Å². The number of thiazole rings is 1. The molecule has 0 bridgehead atoms. The van der Waals surface area contributed by atoms with Gasteiger partial charge in [0.2, 0.25) is 0 Å². The van der Waals surface area contributed by atoms with Crippen LogP contribution in [0.3, 0.4) is 0 Å². The molecule has 5 rings (SSSR count). The van der Waals surface area contributed by atoms with E-state index < -0.39 is 9.92 Å². The van der Waals surface area contributed by atoms with Gasteiger partial charge in [-0.25, -0.2) is 18.3 Å². The zero-order valence-electron chi connectivity index (χ0n) is 17.2. The van der Waals surface area contributed by atoms with E-state index in [1.165, 1.54) is 29.6 Å². The van der Waals surface area contributed by atoms with Crippen molar-refractivity contribution in [2.75, 3.05) is 25.9 Å². The number of piperidine rings is 1. The summed E-state index contributed by atoms with van der Waals surface area (Å²) in [5, 5.41) is 4.81. The van der Waals surface area contributed by atoms with Crippen molar-refractivity contribution in [1.29, 1.82) is 4.78 Å². The molecule has 31 heavy (non-hydrogen) atoms. The summed E-state index contributed by atoms with van der Waals surface area (Å²) in [5.74, 6) is 2.03. The first-order valence-corrected chi connectivity index (χ1v) is 13.5. The van der Waals surface area contributed by atoms with Crippen LogP contribution in [0.2, 0.25) is 5.02 Å². The molecule has 0 amide bonds. The van der Waals surface area contributed by atoms with Crippen LogP contribution in [0.1, 0.15) is 12.0 Å². The van der Waals surface area contributed by atoms with Crippen LogP contribution < -0.4 is 10.1 Å². The predicted octanol–water partition coefficient (Wildman–Crippen LogP) is 4.79. The molecule has 6 nitrogen and oxygen atoms in total. The average Bonchev–Trinajstić information content (AvgIpc) is 3.23. The molecule has 1 aliphatic carbocycles. The van der Waals surface area contributed by atoms with Crippen molar-refractivity contribution in [2.24, 2.45) is 11.8 Å². The molecular formula is C22H25ClN4O2S2. The summed E-state index contributed by atoms with van der Waals surface area (Å²) in [5.41, 5.74) is 2.11. The molecular weight excluding hydrogens is 452 g/mol. The Kier molecular flexibility index (Phi) is 5.68. The second kappa shape index (κ2) is 8.33. The van der Waals surface area contributed by atoms with Gasteiger partial charge in [-0.1, -0.05) is 35.1 Å². The number of aromatic nitrogens is 1. The number of ether oxygens (including phenoxy) is 1. The number of hydrogen-bond acceptors (Lipinski definition) is 6. The Labute approximate surface area is 191 Å². The average molecular weight is 477 g/mol. The fourth-order valence-electron chi connectivity index (χ4n) is 4.41. The van der Waals surface area contributed by atoms with E-state index in [-0.39, 0.29) is 6.04 Å². The highest BCUT2D eigenvalue weighted by Crippen LogP contribution is 2.50. The number of nitrogens with one attached hydrogen (secondary N) is 2. The van der Waals surface area contributed by atoms with Crippen molar-refractivity contribution in [1.82, 2.24) is 14.6 Å². The second-order valence-corrected chi connectivity index (χ2v) is 11.9. The maximum Gasteiger partial charge on any atom is 0.279 e. The fourth-order valence-corrected chi connectivity index (χ4v) is 6.75. The number of halogens is 1. The molecule has 1 aromatic heterocycles. The summed E-state index contributed by atoms with van der Waals surface area (Å²) in [4.78, 5) is 4.49. The van der Waals surface area contributed by atoms with Crippen molar-refractivity contribution in [3.8, 4) is 10.9 Å². The molecule has 2 aromatic carbocycles. The van der Waals surface area contributed by atoms with Crippen LogP contribution >= 0.6 is 22.9 Å². The molecule has 2 aliphatic rings. The van der Waals surface area contributed by atoms with Gasteiger partial charge in [0.25, 0.3) is 5.19 Å². The summed E-state index contributed by atoms with van der Waals surface area (Å²) in [6, 6.07) is 13.9. The molecule has 4 unspecified atom stereocenters. The van der Waals surface area contributed by atoms with E-state index in [0.717, 1.165) is 42.0 Å². The van der Waals surface area contributed by atoms with Crippen LogP contribution in [0.4, 0.5) is 0 Å². The van der Waals surface area contributed by atoms with Crippen molar-refractivity contribution in [3.63, 3.8) is 0 Å². The van der Waals surface area contributed by atoms with Crippen molar-refractivity contribution >= 4 is 43.1 Å². The number of fused-ring (bicyclic) bond motifs is 2. The lowest BCUT2D eigenvalue weighted by Gasteiger charge is -2.27. The molecule has 164 valence electrons. The molecule has 2 fully saturated rings. The third-order valence-corrected chi connectivity index (χ3v) is 8.55. The number of hydrogen-bond donors (Lipinski definition) is 2. The van der Waals surface area contributed by atoms with Crippen molar-refractivity contribution in [2.45, 2.75) is 18.9 Å². The van der Waals surface area contributed by atoms with Gasteiger partial charge in [-0.3, -0.25) is 0 Å². The minimum atomic E-state index is -2.62. The van der Waals surface area contributed by atoms with Crippen LogP contribution in [0.5, 0.6) is 10.9 Å². The lowest BCUT2D eigenvalue weighted by molar-refractivity contribution is 0.346. The van der Waals surface area contributed by atoms with Crippen LogP contribution in [0.25, 0.3) is 10.2 Å². The maximum absolute atomic E-state index is 12.2. The van der Waals surface area contributed by atoms with E-state index in [1.807, 2.05) is 34.6 Å². The van der Waals surface area contributed by atoms with Crippen LogP contribution in [0.15, 0.2) is 42.5 Å². The number of nitrogens with zero attached hydrogens (tertiary/aromatic N) is 2. The first-order valence-electron chi connectivity index (χ1n) is 10.4. The summed E-state index contributed by atoms with van der Waals surface area (Å²) >= 11 is 7.52. The van der Waals surface area contributed by atoms with Gasteiger partial charge in [-0.15, -0.1) is 0 Å². The highest BCUT2D eigenvalue weighted by molar-refractivity contribution is 7.89. The molecule has 9 heteroatoms. The van der Waals surface area contributed by atoms with Gasteiger partial charge in [-0.2, -0.15) is 0 Å². The summed E-state index contributed by atoms with van der Waals surface area (Å²) < 4.78 is 28.9. The molecule has 2 heterocycles. The predicted molar refractivity (Wildman–Crippen MR) is 127 cm³/mol. The SMILES string of the molecule is CS(=N)(=O)N1CC2CC2C1CNCCc1ccc(Oc2nc3ccc(Cl)cc3s2)cc1. The van der Waals surface area contributed by atoms with Crippen LogP contribution in [-0.2, 0) is 16.3 Å². The first-order chi connectivity index (χ1) is 14.9. The van der Waals surface area contributed by atoms with Gasteiger partial charge in [0.15, 0.2) is 0 Å². The minimum Gasteiger partial charge on any atom is -0.431 e. The molecule has 1 saturated heterocycles. The normalized spacial score (nSPS) is 24.8. The van der Waals surface area contributed by atoms with Gasteiger partial charge in [0.1, 0.15) is 15.7 Å². The van der Waals surface area contributed by atoms with Gasteiger partial charge in [0, 0.05) is 30.4 Å². The van der Waals surface area contributed by atoms with E-state index in [4.69, 9.17) is 21.1 Å². The quantitative estimate of drug-likeness (QED) is 0.458. The second-order valence-electron chi connectivity index (χ2n) is 8.42. The Balaban J connectivity index is 1.12. The third-order valence-electron chi connectivity index (χ3n) is 6.11. The highest BCUT2D eigenvalue weighted by Gasteiger charge is 2.53. The first kappa shape index (κ1) is 21.2. The number of rotatable bonds is 8. The van der Waals surface area contributed by atoms with Gasteiger partial charge in [-0.05, 0) is 67.1 Å². The zero-order valence-corrected chi connectivity index (χ0v) is 19.6. The Morgan fingerprint density at radius 3 is 2.90 bits per heavy atom. The monoisotopic (exact) mass is 476 g/mol. The topological polar surface area (TPSA) is 78.3 Å².